The van der Waals surface area contributed by atoms with Gasteiger partial charge in [0, 0.05) is 11.9 Å². The minimum atomic E-state index is -0.266. The van der Waals surface area contributed by atoms with Gasteiger partial charge in [0.15, 0.2) is 4.80 Å². The maximum absolute atomic E-state index is 13.4. The zero-order chi connectivity index (χ0) is 21.4. The van der Waals surface area contributed by atoms with E-state index in [0.717, 1.165) is 31.7 Å². The van der Waals surface area contributed by atoms with E-state index >= 15 is 0 Å². The topological polar surface area (TPSA) is 47.2 Å². The number of rotatable bonds is 4. The number of hydrogen-bond donors (Lipinski definition) is 0. The average Bonchev–Trinajstić information content (AvgIpc) is 3.42. The number of para-hydroxylation sites is 1. The van der Waals surface area contributed by atoms with Crippen LogP contribution in [0, 0.1) is 6.92 Å². The second kappa shape index (κ2) is 8.06. The van der Waals surface area contributed by atoms with E-state index in [4.69, 9.17) is 4.98 Å². The van der Waals surface area contributed by atoms with E-state index in [0.29, 0.717) is 16.9 Å². The molecule has 2 aromatic carbocycles. The fraction of sp³-hybridized carbons (Fsp3) is 0.0800. The number of thiophene rings is 1. The predicted octanol–water partition coefficient (Wildman–Crippen LogP) is 6.22. The second-order valence-electron chi connectivity index (χ2n) is 7.22. The lowest BCUT2D eigenvalue weighted by Crippen LogP contribution is -2.16. The Labute approximate surface area is 187 Å². The van der Waals surface area contributed by atoms with Crippen molar-refractivity contribution < 1.29 is 4.79 Å². The van der Waals surface area contributed by atoms with Gasteiger partial charge in [0.05, 0.1) is 31.9 Å². The molecule has 6 heteroatoms. The molecule has 0 aliphatic carbocycles. The molecule has 152 valence electrons. The summed E-state index contributed by atoms with van der Waals surface area (Å²) >= 11 is 3.13. The Morgan fingerprint density at radius 1 is 1.16 bits per heavy atom. The molecule has 3 aromatic heterocycles. The minimum Gasteiger partial charge on any atom is -0.312 e. The molecule has 3 heterocycles. The lowest BCUT2D eigenvalue weighted by atomic mass is 10.1. The van der Waals surface area contributed by atoms with Gasteiger partial charge in [-0.05, 0) is 48.2 Å². The Balaban J connectivity index is 1.72. The van der Waals surface area contributed by atoms with Crippen LogP contribution in [0.2, 0.25) is 0 Å². The van der Waals surface area contributed by atoms with Gasteiger partial charge in [0.1, 0.15) is 0 Å². The highest BCUT2D eigenvalue weighted by Crippen LogP contribution is 2.28. The molecule has 31 heavy (non-hydrogen) atoms. The Morgan fingerprint density at radius 2 is 2.03 bits per heavy atom. The maximum atomic E-state index is 13.4. The van der Waals surface area contributed by atoms with Crippen LogP contribution < -0.4 is 4.80 Å². The van der Waals surface area contributed by atoms with E-state index in [9.17, 15) is 4.79 Å². The van der Waals surface area contributed by atoms with Crippen molar-refractivity contribution in [1.82, 2.24) is 9.55 Å². The summed E-state index contributed by atoms with van der Waals surface area (Å²) in [7, 11) is 0. The highest BCUT2D eigenvalue weighted by Gasteiger charge is 2.15. The molecule has 0 saturated carbocycles. The number of thiazole rings is 1. The molecule has 0 bridgehead atoms. The van der Waals surface area contributed by atoms with Gasteiger partial charge >= 0.3 is 0 Å². The summed E-state index contributed by atoms with van der Waals surface area (Å²) in [6, 6.07) is 19.8. The van der Waals surface area contributed by atoms with Crippen LogP contribution in [-0.2, 0) is 6.54 Å². The van der Waals surface area contributed by atoms with Gasteiger partial charge in [-0.15, -0.1) is 17.9 Å². The molecule has 0 spiro atoms. The molecule has 0 aliphatic heterocycles. The molecule has 0 saturated heterocycles. The standard InChI is InChI=1S/C25H19N3OS2/c1-3-12-28-21-11-10-16(2)14-23(21)31-25(28)27-24(29)18-15-20(22-9-6-13-30-22)26-19-8-5-4-7-17(18)19/h3-11,13-15H,1,12H2,2H3. The highest BCUT2D eigenvalue weighted by atomic mass is 32.1. The fourth-order valence-corrected chi connectivity index (χ4v) is 5.44. The molecule has 0 unspecified atom stereocenters. The maximum Gasteiger partial charge on any atom is 0.280 e. The second-order valence-corrected chi connectivity index (χ2v) is 9.18. The molecule has 1 amide bonds. The van der Waals surface area contributed by atoms with E-state index in [2.05, 4.69) is 36.7 Å². The van der Waals surface area contributed by atoms with Crippen LogP contribution in [0.25, 0.3) is 31.7 Å². The van der Waals surface area contributed by atoms with Crippen LogP contribution in [0.3, 0.4) is 0 Å². The minimum absolute atomic E-state index is 0.266. The fourth-order valence-electron chi connectivity index (χ4n) is 3.62. The molecule has 0 atom stereocenters. The number of aryl methyl sites for hydroxylation is 1. The summed E-state index contributed by atoms with van der Waals surface area (Å²) < 4.78 is 3.14. The van der Waals surface area contributed by atoms with Crippen LogP contribution in [0.4, 0.5) is 0 Å². The third-order valence-corrected chi connectivity index (χ3v) is 7.00. The van der Waals surface area contributed by atoms with Crippen molar-refractivity contribution in [2.24, 2.45) is 4.99 Å². The van der Waals surface area contributed by atoms with E-state index in [1.807, 2.05) is 58.5 Å². The van der Waals surface area contributed by atoms with Crippen LogP contribution in [0.15, 0.2) is 83.7 Å². The van der Waals surface area contributed by atoms with Crippen LogP contribution in [0.1, 0.15) is 15.9 Å². The largest absolute Gasteiger partial charge is 0.312 e. The smallest absolute Gasteiger partial charge is 0.280 e. The summed E-state index contributed by atoms with van der Waals surface area (Å²) in [6.07, 6.45) is 1.83. The zero-order valence-corrected chi connectivity index (χ0v) is 18.5. The normalized spacial score (nSPS) is 12.0. The number of carbonyl (C=O) groups excluding carboxylic acids is 1. The molecule has 5 aromatic rings. The number of benzene rings is 2. The Kier molecular flexibility index (Phi) is 5.10. The van der Waals surface area contributed by atoms with Gasteiger partial charge in [-0.25, -0.2) is 4.98 Å². The molecule has 4 nitrogen and oxygen atoms in total. The van der Waals surface area contributed by atoms with Gasteiger partial charge < -0.3 is 4.57 Å². The lowest BCUT2D eigenvalue weighted by Gasteiger charge is -2.06. The Bertz CT molecular complexity index is 1510. The summed E-state index contributed by atoms with van der Waals surface area (Å²) in [6.45, 7) is 6.52. The molecule has 5 rings (SSSR count). The summed E-state index contributed by atoms with van der Waals surface area (Å²) in [5.41, 5.74) is 4.38. The van der Waals surface area contributed by atoms with E-state index < -0.39 is 0 Å². The third kappa shape index (κ3) is 3.65. The van der Waals surface area contributed by atoms with E-state index in [-0.39, 0.29) is 5.91 Å². The number of aromatic nitrogens is 2. The molecular formula is C25H19N3OS2. The van der Waals surface area contributed by atoms with Gasteiger partial charge in [0.25, 0.3) is 5.91 Å². The van der Waals surface area contributed by atoms with Crippen molar-refractivity contribution in [1.29, 1.82) is 0 Å². The highest BCUT2D eigenvalue weighted by molar-refractivity contribution is 7.16. The van der Waals surface area contributed by atoms with Gasteiger partial charge in [-0.1, -0.05) is 47.7 Å². The lowest BCUT2D eigenvalue weighted by molar-refractivity contribution is 0.0999. The van der Waals surface area contributed by atoms with Crippen molar-refractivity contribution in [2.45, 2.75) is 13.5 Å². The SMILES string of the molecule is C=CCn1c(=NC(=O)c2cc(-c3cccs3)nc3ccccc23)sc2cc(C)ccc21. The van der Waals surface area contributed by atoms with Crippen molar-refractivity contribution >= 4 is 49.7 Å². The van der Waals surface area contributed by atoms with E-state index in [1.165, 1.54) is 16.9 Å². The average molecular weight is 442 g/mol. The number of hydrogen-bond acceptors (Lipinski definition) is 4. The number of pyridine rings is 1. The van der Waals surface area contributed by atoms with Crippen molar-refractivity contribution in [3.8, 4) is 10.6 Å². The quantitative estimate of drug-likeness (QED) is 0.311. The Hall–Kier alpha value is -3.35. The Morgan fingerprint density at radius 3 is 2.84 bits per heavy atom. The first kappa shape index (κ1) is 19.6. The molecule has 0 fully saturated rings. The molecule has 0 radical (unpaired) electrons. The van der Waals surface area contributed by atoms with Gasteiger partial charge in [0.2, 0.25) is 0 Å². The first-order valence-corrected chi connectivity index (χ1v) is 11.6. The molecule has 0 aliphatic rings. The first-order valence-electron chi connectivity index (χ1n) is 9.87. The number of carbonyl (C=O) groups is 1. The van der Waals surface area contributed by atoms with Crippen LogP contribution >= 0.6 is 22.7 Å². The van der Waals surface area contributed by atoms with E-state index in [1.54, 1.807) is 11.3 Å². The first-order chi connectivity index (χ1) is 15.1. The molecular weight excluding hydrogens is 422 g/mol. The van der Waals surface area contributed by atoms with Crippen molar-refractivity contribution in [3.05, 3.63) is 94.6 Å². The van der Waals surface area contributed by atoms with Crippen LogP contribution in [-0.4, -0.2) is 15.5 Å². The summed E-state index contributed by atoms with van der Waals surface area (Å²) in [5.74, 6) is -0.266. The zero-order valence-electron chi connectivity index (χ0n) is 16.9. The number of allylic oxidation sites excluding steroid dienone is 1. The number of amides is 1. The summed E-state index contributed by atoms with van der Waals surface area (Å²) in [5, 5.41) is 2.82. The monoisotopic (exact) mass is 441 g/mol. The van der Waals surface area contributed by atoms with Crippen LogP contribution in [0.5, 0.6) is 0 Å². The molecule has 0 N–H and O–H groups in total. The van der Waals surface area contributed by atoms with Gasteiger partial charge in [-0.3, -0.25) is 4.79 Å². The number of fused-ring (bicyclic) bond motifs is 2. The van der Waals surface area contributed by atoms with Crippen molar-refractivity contribution in [2.75, 3.05) is 0 Å². The third-order valence-electron chi connectivity index (χ3n) is 5.07. The number of nitrogens with zero attached hydrogens (tertiary/aromatic N) is 3. The van der Waals surface area contributed by atoms with Gasteiger partial charge in [-0.2, -0.15) is 4.99 Å². The predicted molar refractivity (Wildman–Crippen MR) is 130 cm³/mol. The van der Waals surface area contributed by atoms with Crippen molar-refractivity contribution in [3.63, 3.8) is 0 Å². The summed E-state index contributed by atoms with van der Waals surface area (Å²) in [4.78, 5) is 24.4.